The normalized spacial score (nSPS) is 12.3. The Hall–Kier alpha value is -2.75. The van der Waals surface area contributed by atoms with Crippen molar-refractivity contribution in [1.82, 2.24) is 4.98 Å². The van der Waals surface area contributed by atoms with Crippen LogP contribution in [0.2, 0.25) is 0 Å². The predicted molar refractivity (Wildman–Crippen MR) is 82.6 cm³/mol. The third kappa shape index (κ3) is 2.33. The summed E-state index contributed by atoms with van der Waals surface area (Å²) in [6.07, 6.45) is 1.54. The smallest absolute Gasteiger partial charge is 0.354 e. The lowest BCUT2D eigenvalue weighted by Gasteiger charge is -2.17. The average Bonchev–Trinajstić information content (AvgIpc) is 2.53. The summed E-state index contributed by atoms with van der Waals surface area (Å²) in [5.74, 6) is -1.87. The van der Waals surface area contributed by atoms with Crippen LogP contribution in [0.3, 0.4) is 0 Å². The van der Waals surface area contributed by atoms with E-state index in [2.05, 4.69) is 4.98 Å². The number of pyridine rings is 1. The first-order valence-corrected chi connectivity index (χ1v) is 6.95. The molecule has 1 unspecified atom stereocenters. The Morgan fingerprint density at radius 2 is 1.82 bits per heavy atom. The Morgan fingerprint density at radius 1 is 1.14 bits per heavy atom. The van der Waals surface area contributed by atoms with Gasteiger partial charge >= 0.3 is 5.97 Å². The Kier molecular flexibility index (Phi) is 3.59. The Labute approximate surface area is 127 Å². The lowest BCUT2D eigenvalue weighted by molar-refractivity contribution is 0.0689. The van der Waals surface area contributed by atoms with Gasteiger partial charge in [-0.2, -0.15) is 0 Å². The lowest BCUT2D eigenvalue weighted by atomic mass is 9.88. The second kappa shape index (κ2) is 5.56. The number of rotatable bonds is 3. The van der Waals surface area contributed by atoms with Crippen LogP contribution >= 0.6 is 0 Å². The molecule has 0 aliphatic heterocycles. The van der Waals surface area contributed by atoms with E-state index in [4.69, 9.17) is 0 Å². The number of fused-ring (bicyclic) bond motifs is 1. The molecule has 0 radical (unpaired) electrons. The van der Waals surface area contributed by atoms with Gasteiger partial charge in [0.25, 0.3) is 0 Å². The van der Waals surface area contributed by atoms with E-state index in [0.717, 1.165) is 10.8 Å². The minimum Gasteiger partial charge on any atom is -0.477 e. The summed E-state index contributed by atoms with van der Waals surface area (Å²) in [5.41, 5.74) is 0.966. The minimum atomic E-state index is -1.11. The summed E-state index contributed by atoms with van der Waals surface area (Å²) < 4.78 is 14.1. The van der Waals surface area contributed by atoms with E-state index in [-0.39, 0.29) is 11.5 Å². The zero-order valence-corrected chi connectivity index (χ0v) is 12.0. The van der Waals surface area contributed by atoms with E-state index < -0.39 is 11.9 Å². The number of nitrogens with zero attached hydrogens (tertiary/aromatic N) is 1. The zero-order chi connectivity index (χ0) is 15.7. The molecule has 0 spiro atoms. The zero-order valence-electron chi connectivity index (χ0n) is 12.0. The molecule has 0 amide bonds. The molecule has 1 aromatic heterocycles. The number of carboxylic acids is 1. The minimum absolute atomic E-state index is 0.0329. The van der Waals surface area contributed by atoms with E-state index in [0.29, 0.717) is 11.1 Å². The maximum atomic E-state index is 14.1. The van der Waals surface area contributed by atoms with Gasteiger partial charge in [0, 0.05) is 23.1 Å². The summed E-state index contributed by atoms with van der Waals surface area (Å²) in [5, 5.41) is 11.1. The Morgan fingerprint density at radius 3 is 2.55 bits per heavy atom. The molecular formula is C18H14FNO2. The molecule has 4 heteroatoms. The fraction of sp³-hybridized carbons (Fsp3) is 0.111. The summed E-state index contributed by atoms with van der Waals surface area (Å²) in [4.78, 5) is 15.6. The van der Waals surface area contributed by atoms with Crippen molar-refractivity contribution in [2.45, 2.75) is 12.8 Å². The molecule has 0 saturated heterocycles. The first-order valence-electron chi connectivity index (χ1n) is 6.95. The summed E-state index contributed by atoms with van der Waals surface area (Å²) >= 11 is 0. The highest BCUT2D eigenvalue weighted by atomic mass is 19.1. The predicted octanol–water partition coefficient (Wildman–Crippen LogP) is 4.22. The first-order chi connectivity index (χ1) is 10.6. The number of halogens is 1. The summed E-state index contributed by atoms with van der Waals surface area (Å²) in [7, 11) is 0. The van der Waals surface area contributed by atoms with Crippen molar-refractivity contribution in [2.75, 3.05) is 0 Å². The van der Waals surface area contributed by atoms with Crippen molar-refractivity contribution in [3.05, 3.63) is 77.4 Å². The van der Waals surface area contributed by atoms with Gasteiger partial charge in [-0.25, -0.2) is 14.2 Å². The van der Waals surface area contributed by atoms with E-state index in [9.17, 15) is 14.3 Å². The number of aromatic carboxylic acids is 1. The largest absolute Gasteiger partial charge is 0.477 e. The lowest BCUT2D eigenvalue weighted by Crippen LogP contribution is -2.10. The van der Waals surface area contributed by atoms with Gasteiger partial charge in [-0.3, -0.25) is 0 Å². The molecule has 1 N–H and O–H groups in total. The first kappa shape index (κ1) is 14.2. The van der Waals surface area contributed by atoms with Crippen molar-refractivity contribution in [3.8, 4) is 0 Å². The molecular weight excluding hydrogens is 281 g/mol. The van der Waals surface area contributed by atoms with Crippen molar-refractivity contribution in [3.63, 3.8) is 0 Å². The number of hydrogen-bond donors (Lipinski definition) is 1. The molecule has 0 bridgehead atoms. The molecule has 1 heterocycles. The van der Waals surface area contributed by atoms with Gasteiger partial charge in [0.1, 0.15) is 5.82 Å². The highest BCUT2D eigenvalue weighted by molar-refractivity contribution is 5.96. The van der Waals surface area contributed by atoms with Crippen LogP contribution in [0.5, 0.6) is 0 Å². The van der Waals surface area contributed by atoms with Crippen LogP contribution in [0.15, 0.2) is 54.7 Å². The van der Waals surface area contributed by atoms with Crippen molar-refractivity contribution in [2.24, 2.45) is 0 Å². The van der Waals surface area contributed by atoms with E-state index in [1.165, 1.54) is 12.3 Å². The topological polar surface area (TPSA) is 50.2 Å². The molecule has 0 aliphatic rings. The van der Waals surface area contributed by atoms with Crippen LogP contribution in [0.25, 0.3) is 10.8 Å². The molecule has 2 aromatic carbocycles. The summed E-state index contributed by atoms with van der Waals surface area (Å²) in [6, 6.07) is 13.8. The van der Waals surface area contributed by atoms with Crippen molar-refractivity contribution in [1.29, 1.82) is 0 Å². The maximum absolute atomic E-state index is 14.1. The molecule has 3 rings (SSSR count). The van der Waals surface area contributed by atoms with Crippen LogP contribution < -0.4 is 0 Å². The fourth-order valence-corrected chi connectivity index (χ4v) is 2.78. The van der Waals surface area contributed by atoms with Gasteiger partial charge in [0.2, 0.25) is 0 Å². The van der Waals surface area contributed by atoms with Crippen LogP contribution in [-0.4, -0.2) is 16.1 Å². The van der Waals surface area contributed by atoms with Crippen LogP contribution in [-0.2, 0) is 0 Å². The highest BCUT2D eigenvalue weighted by Crippen LogP contribution is 2.33. The van der Waals surface area contributed by atoms with E-state index in [1.807, 2.05) is 24.3 Å². The summed E-state index contributed by atoms with van der Waals surface area (Å²) in [6.45, 7) is 1.80. The van der Waals surface area contributed by atoms with Crippen molar-refractivity contribution >= 4 is 16.7 Å². The van der Waals surface area contributed by atoms with Gasteiger partial charge in [0.05, 0.1) is 0 Å². The number of aromatic nitrogens is 1. The maximum Gasteiger partial charge on any atom is 0.354 e. The Bertz CT molecular complexity index is 861. The number of carbonyl (C=O) groups is 1. The van der Waals surface area contributed by atoms with Gasteiger partial charge in [0.15, 0.2) is 5.69 Å². The van der Waals surface area contributed by atoms with Crippen LogP contribution in [0.4, 0.5) is 4.39 Å². The third-order valence-electron chi connectivity index (χ3n) is 3.85. The molecule has 3 aromatic rings. The van der Waals surface area contributed by atoms with Gasteiger partial charge < -0.3 is 5.11 Å². The average molecular weight is 295 g/mol. The van der Waals surface area contributed by atoms with Gasteiger partial charge in [-0.05, 0) is 17.0 Å². The van der Waals surface area contributed by atoms with Crippen LogP contribution in [0, 0.1) is 5.82 Å². The quantitative estimate of drug-likeness (QED) is 0.787. The second-order valence-corrected chi connectivity index (χ2v) is 5.16. The van der Waals surface area contributed by atoms with E-state index >= 15 is 0 Å². The van der Waals surface area contributed by atoms with E-state index in [1.54, 1.807) is 25.1 Å². The van der Waals surface area contributed by atoms with Crippen LogP contribution in [0.1, 0.15) is 34.5 Å². The molecule has 0 fully saturated rings. The SMILES string of the molecule is CC(c1ccccc1F)c1c(C(=O)O)ncc2ccccc12. The third-order valence-corrected chi connectivity index (χ3v) is 3.85. The van der Waals surface area contributed by atoms with Gasteiger partial charge in [-0.15, -0.1) is 0 Å². The monoisotopic (exact) mass is 295 g/mol. The standard InChI is InChI=1S/C18H14FNO2/c1-11(13-7-4-5-9-15(13)19)16-14-8-3-2-6-12(14)10-20-17(16)18(21)22/h2-11H,1H3,(H,21,22). The molecule has 0 saturated carbocycles. The Balaban J connectivity index is 2.30. The number of benzene rings is 2. The van der Waals surface area contributed by atoms with Gasteiger partial charge in [-0.1, -0.05) is 49.4 Å². The number of carboxylic acid groups (broad SMARTS) is 1. The number of hydrogen-bond acceptors (Lipinski definition) is 2. The molecule has 1 atom stereocenters. The second-order valence-electron chi connectivity index (χ2n) is 5.16. The van der Waals surface area contributed by atoms with Crippen molar-refractivity contribution < 1.29 is 14.3 Å². The molecule has 110 valence electrons. The molecule has 0 aliphatic carbocycles. The molecule has 3 nitrogen and oxygen atoms in total. The highest BCUT2D eigenvalue weighted by Gasteiger charge is 2.23. The molecule has 22 heavy (non-hydrogen) atoms. The fourth-order valence-electron chi connectivity index (χ4n) is 2.78.